The number of hydrogen-bond donors (Lipinski definition) is 1. The average Bonchev–Trinajstić information content (AvgIpc) is 2.16. The van der Waals surface area contributed by atoms with Gasteiger partial charge in [-0.2, -0.15) is 0 Å². The van der Waals surface area contributed by atoms with E-state index in [4.69, 9.17) is 10.5 Å². The van der Waals surface area contributed by atoms with Gasteiger partial charge in [0.05, 0.1) is 6.42 Å². The molecule has 0 aromatic heterocycles. The highest BCUT2D eigenvalue weighted by Gasteiger charge is 2.19. The number of carbonyl (C=O) groups excluding carboxylic acids is 1. The van der Waals surface area contributed by atoms with Gasteiger partial charge in [0.2, 0.25) is 0 Å². The number of halogens is 1. The predicted octanol–water partition coefficient (Wildman–Crippen LogP) is 2.84. The van der Waals surface area contributed by atoms with Gasteiger partial charge in [-0.3, -0.25) is 4.79 Å². The number of benzene rings is 1. The fraction of sp³-hybridized carbons (Fsp3) is 0.462. The first-order chi connectivity index (χ1) is 7.38. The summed E-state index contributed by atoms with van der Waals surface area (Å²) < 4.78 is 5.21. The number of esters is 1. The van der Waals surface area contributed by atoms with E-state index in [1.165, 1.54) is 0 Å². The van der Waals surface area contributed by atoms with Crippen molar-refractivity contribution >= 4 is 18.4 Å². The van der Waals surface area contributed by atoms with E-state index in [1.54, 1.807) is 0 Å². The largest absolute Gasteiger partial charge is 0.460 e. The molecule has 1 aromatic rings. The van der Waals surface area contributed by atoms with Crippen molar-refractivity contribution in [1.82, 2.24) is 0 Å². The molecule has 1 aromatic carbocycles. The molecule has 0 aliphatic rings. The van der Waals surface area contributed by atoms with Crippen molar-refractivity contribution in [3.8, 4) is 0 Å². The molecule has 0 fully saturated rings. The van der Waals surface area contributed by atoms with Crippen molar-refractivity contribution in [1.29, 1.82) is 0 Å². The van der Waals surface area contributed by atoms with Crippen molar-refractivity contribution in [3.63, 3.8) is 0 Å². The molecule has 0 heterocycles. The molecule has 0 radical (unpaired) electrons. The van der Waals surface area contributed by atoms with Crippen LogP contribution < -0.4 is 5.73 Å². The minimum atomic E-state index is -0.451. The standard InChI is InChI=1S/C13H19NO2.ClH/c1-13(2,3)16-12(15)9-11(14)10-7-5-4-6-8-10;/h4-8,11H,9,14H2,1-3H3;1H. The Morgan fingerprint density at radius 1 is 1.29 bits per heavy atom. The molecule has 0 aliphatic heterocycles. The van der Waals surface area contributed by atoms with E-state index >= 15 is 0 Å². The SMILES string of the molecule is CC(C)(C)OC(=O)CC(N)c1ccccc1.Cl. The Bertz CT molecular complexity index is 346. The summed E-state index contributed by atoms with van der Waals surface area (Å²) in [5.74, 6) is -0.260. The third-order valence-corrected chi connectivity index (χ3v) is 2.03. The van der Waals surface area contributed by atoms with Gasteiger partial charge in [0.1, 0.15) is 5.60 Å². The molecule has 0 saturated heterocycles. The monoisotopic (exact) mass is 257 g/mol. The number of hydrogen-bond acceptors (Lipinski definition) is 3. The van der Waals surface area contributed by atoms with Gasteiger partial charge < -0.3 is 10.5 Å². The molecule has 4 heteroatoms. The highest BCUT2D eigenvalue weighted by molar-refractivity contribution is 5.85. The maximum atomic E-state index is 11.5. The van der Waals surface area contributed by atoms with Crippen molar-refractivity contribution in [2.24, 2.45) is 5.73 Å². The summed E-state index contributed by atoms with van der Waals surface area (Å²) >= 11 is 0. The van der Waals surface area contributed by atoms with E-state index in [0.717, 1.165) is 5.56 Å². The Labute approximate surface area is 109 Å². The van der Waals surface area contributed by atoms with Crippen LogP contribution >= 0.6 is 12.4 Å². The Morgan fingerprint density at radius 3 is 2.29 bits per heavy atom. The summed E-state index contributed by atoms with van der Waals surface area (Å²) in [6.45, 7) is 5.54. The lowest BCUT2D eigenvalue weighted by Gasteiger charge is -2.21. The second kappa shape index (κ2) is 6.62. The van der Waals surface area contributed by atoms with Gasteiger partial charge in [-0.1, -0.05) is 30.3 Å². The van der Waals surface area contributed by atoms with Gasteiger partial charge in [0.15, 0.2) is 0 Å². The Balaban J connectivity index is 0.00000256. The lowest BCUT2D eigenvalue weighted by molar-refractivity contribution is -0.155. The number of rotatable bonds is 3. The van der Waals surface area contributed by atoms with E-state index < -0.39 is 5.60 Å². The number of nitrogens with two attached hydrogens (primary N) is 1. The van der Waals surface area contributed by atoms with Crippen LogP contribution in [0.4, 0.5) is 0 Å². The number of carbonyl (C=O) groups is 1. The van der Waals surface area contributed by atoms with E-state index in [2.05, 4.69) is 0 Å². The zero-order chi connectivity index (χ0) is 12.2. The topological polar surface area (TPSA) is 52.3 Å². The van der Waals surface area contributed by atoms with Gasteiger partial charge in [-0.15, -0.1) is 12.4 Å². The summed E-state index contributed by atoms with van der Waals surface area (Å²) in [7, 11) is 0. The average molecular weight is 258 g/mol. The van der Waals surface area contributed by atoms with Crippen LogP contribution in [0.5, 0.6) is 0 Å². The molecule has 3 nitrogen and oxygen atoms in total. The van der Waals surface area contributed by atoms with Crippen LogP contribution in [0.25, 0.3) is 0 Å². The zero-order valence-electron chi connectivity index (χ0n) is 10.5. The fourth-order valence-corrected chi connectivity index (χ4v) is 1.38. The molecule has 1 atom stereocenters. The Morgan fingerprint density at radius 2 is 1.82 bits per heavy atom. The van der Waals surface area contributed by atoms with Gasteiger partial charge in [-0.05, 0) is 26.3 Å². The van der Waals surface area contributed by atoms with Crippen molar-refractivity contribution in [2.75, 3.05) is 0 Å². The van der Waals surface area contributed by atoms with E-state index in [9.17, 15) is 4.79 Å². The summed E-state index contributed by atoms with van der Waals surface area (Å²) in [5, 5.41) is 0. The molecule has 0 aliphatic carbocycles. The summed E-state index contributed by atoms with van der Waals surface area (Å²) in [6.07, 6.45) is 0.210. The Kier molecular flexibility index (Phi) is 6.21. The quantitative estimate of drug-likeness (QED) is 0.848. The molecular weight excluding hydrogens is 238 g/mol. The molecular formula is C13H20ClNO2. The van der Waals surface area contributed by atoms with Gasteiger partial charge >= 0.3 is 5.97 Å². The first-order valence-corrected chi connectivity index (χ1v) is 5.41. The maximum Gasteiger partial charge on any atom is 0.308 e. The first-order valence-electron chi connectivity index (χ1n) is 5.41. The summed E-state index contributed by atoms with van der Waals surface area (Å²) in [4.78, 5) is 11.5. The number of ether oxygens (including phenoxy) is 1. The van der Waals surface area contributed by atoms with Gasteiger partial charge in [0.25, 0.3) is 0 Å². The molecule has 1 rings (SSSR count). The lowest BCUT2D eigenvalue weighted by atomic mass is 10.0. The molecule has 1 unspecified atom stereocenters. The summed E-state index contributed by atoms with van der Waals surface area (Å²) in [6, 6.07) is 9.26. The third kappa shape index (κ3) is 6.29. The van der Waals surface area contributed by atoms with Gasteiger partial charge in [0, 0.05) is 6.04 Å². The van der Waals surface area contributed by atoms with Crippen LogP contribution in [0.15, 0.2) is 30.3 Å². The Hall–Kier alpha value is -1.06. The molecule has 0 saturated carbocycles. The van der Waals surface area contributed by atoms with E-state index in [-0.39, 0.29) is 30.8 Å². The van der Waals surface area contributed by atoms with Crippen molar-refractivity contribution < 1.29 is 9.53 Å². The van der Waals surface area contributed by atoms with Gasteiger partial charge in [-0.25, -0.2) is 0 Å². The molecule has 0 amide bonds. The maximum absolute atomic E-state index is 11.5. The van der Waals surface area contributed by atoms with Crippen molar-refractivity contribution in [2.45, 2.75) is 38.8 Å². The van der Waals surface area contributed by atoms with E-state index in [1.807, 2.05) is 51.1 Å². The van der Waals surface area contributed by atoms with Crippen molar-refractivity contribution in [3.05, 3.63) is 35.9 Å². The second-order valence-corrected chi connectivity index (χ2v) is 4.81. The van der Waals surface area contributed by atoms with E-state index in [0.29, 0.717) is 0 Å². The minimum absolute atomic E-state index is 0. The molecule has 2 N–H and O–H groups in total. The van der Waals surface area contributed by atoms with Crippen LogP contribution in [0.2, 0.25) is 0 Å². The van der Waals surface area contributed by atoms with Crippen LogP contribution in [0.1, 0.15) is 38.8 Å². The first kappa shape index (κ1) is 15.9. The zero-order valence-corrected chi connectivity index (χ0v) is 11.3. The second-order valence-electron chi connectivity index (χ2n) is 4.81. The van der Waals surface area contributed by atoms with Crippen LogP contribution in [-0.2, 0) is 9.53 Å². The lowest BCUT2D eigenvalue weighted by Crippen LogP contribution is -2.26. The van der Waals surface area contributed by atoms with Crippen LogP contribution in [-0.4, -0.2) is 11.6 Å². The normalized spacial score (nSPS) is 12.5. The minimum Gasteiger partial charge on any atom is -0.460 e. The third-order valence-electron chi connectivity index (χ3n) is 2.03. The highest BCUT2D eigenvalue weighted by Crippen LogP contribution is 2.16. The molecule has 96 valence electrons. The van der Waals surface area contributed by atoms with Crippen LogP contribution in [0, 0.1) is 0 Å². The fourth-order valence-electron chi connectivity index (χ4n) is 1.38. The molecule has 17 heavy (non-hydrogen) atoms. The smallest absolute Gasteiger partial charge is 0.308 e. The predicted molar refractivity (Wildman–Crippen MR) is 71.1 cm³/mol. The molecule has 0 bridgehead atoms. The van der Waals surface area contributed by atoms with Crippen LogP contribution in [0.3, 0.4) is 0 Å². The molecule has 0 spiro atoms. The summed E-state index contributed by atoms with van der Waals surface area (Å²) in [5.41, 5.74) is 6.42. The highest BCUT2D eigenvalue weighted by atomic mass is 35.5.